The van der Waals surface area contributed by atoms with Crippen LogP contribution in [0.3, 0.4) is 0 Å². The van der Waals surface area contributed by atoms with Gasteiger partial charge in [0.2, 0.25) is 0 Å². The van der Waals surface area contributed by atoms with E-state index in [4.69, 9.17) is 22.1 Å². The summed E-state index contributed by atoms with van der Waals surface area (Å²) in [6.07, 6.45) is 0.598. The average molecular weight is 301 g/mol. The molecule has 110 valence electrons. The predicted octanol–water partition coefficient (Wildman–Crippen LogP) is -0.283. The number of hydrogen-bond donors (Lipinski definition) is 4. The molecule has 0 radical (unpaired) electrons. The fourth-order valence-electron chi connectivity index (χ4n) is 2.18. The number of nitrogens with two attached hydrogens (primary N) is 1. The first kappa shape index (κ1) is 14.8. The summed E-state index contributed by atoms with van der Waals surface area (Å²) in [6.45, 7) is 1.43. The Hall–Kier alpha value is -1.57. The molecule has 0 aromatic carbocycles. The van der Waals surface area contributed by atoms with Crippen LogP contribution in [0.5, 0.6) is 0 Å². The lowest BCUT2D eigenvalue weighted by Crippen LogP contribution is -2.54. The second kappa shape index (κ2) is 6.25. The molecule has 1 saturated heterocycles. The first-order valence-corrected chi connectivity index (χ1v) is 6.63. The van der Waals surface area contributed by atoms with E-state index < -0.39 is 11.5 Å². The van der Waals surface area contributed by atoms with Gasteiger partial charge >= 0.3 is 0 Å². The van der Waals surface area contributed by atoms with Gasteiger partial charge in [-0.15, -0.1) is 0 Å². The minimum atomic E-state index is -0.563. The highest BCUT2D eigenvalue weighted by Gasteiger charge is 2.27. The molecule has 1 amide bonds. The minimum Gasteiger partial charge on any atom is -0.384 e. The quantitative estimate of drug-likeness (QED) is 0.614. The highest BCUT2D eigenvalue weighted by molar-refractivity contribution is 6.33. The molecular formula is C12H17ClN4O3. The van der Waals surface area contributed by atoms with E-state index in [0.29, 0.717) is 6.54 Å². The Balaban J connectivity index is 2.15. The lowest BCUT2D eigenvalue weighted by Gasteiger charge is -2.31. The number of halogens is 1. The molecular weight excluding hydrogens is 284 g/mol. The molecule has 0 spiro atoms. The molecule has 20 heavy (non-hydrogen) atoms. The lowest BCUT2D eigenvalue weighted by atomic mass is 10.0. The fraction of sp³-hybridized carbons (Fsp3) is 0.500. The minimum absolute atomic E-state index is 0.0462. The number of pyridine rings is 1. The molecule has 1 aliphatic rings. The Kier molecular flexibility index (Phi) is 4.64. The van der Waals surface area contributed by atoms with Crippen molar-refractivity contribution in [2.45, 2.75) is 18.6 Å². The third-order valence-corrected chi connectivity index (χ3v) is 3.62. The molecule has 1 aliphatic heterocycles. The van der Waals surface area contributed by atoms with Gasteiger partial charge in [-0.3, -0.25) is 9.59 Å². The predicted molar refractivity (Wildman–Crippen MR) is 76.0 cm³/mol. The number of carbonyl (C=O) groups excluding carboxylic acids is 1. The Morgan fingerprint density at radius 3 is 3.05 bits per heavy atom. The molecule has 5 N–H and O–H groups in total. The van der Waals surface area contributed by atoms with Gasteiger partial charge in [-0.2, -0.15) is 0 Å². The topological polar surface area (TPSA) is 109 Å². The largest absolute Gasteiger partial charge is 0.384 e. The number of carbonyl (C=O) groups is 1. The van der Waals surface area contributed by atoms with Gasteiger partial charge in [0, 0.05) is 13.7 Å². The maximum atomic E-state index is 12.2. The van der Waals surface area contributed by atoms with Crippen molar-refractivity contribution < 1.29 is 9.53 Å². The average Bonchev–Trinajstić information content (AvgIpc) is 2.43. The van der Waals surface area contributed by atoms with Crippen LogP contribution in [0.2, 0.25) is 5.02 Å². The second-order valence-electron chi connectivity index (χ2n) is 4.62. The molecule has 7 nitrogen and oxygen atoms in total. The van der Waals surface area contributed by atoms with Crippen molar-refractivity contribution >= 4 is 23.3 Å². The number of ether oxygens (including phenoxy) is 1. The van der Waals surface area contributed by atoms with E-state index in [0.717, 1.165) is 13.0 Å². The highest BCUT2D eigenvalue weighted by atomic mass is 35.5. The number of rotatable bonds is 3. The maximum Gasteiger partial charge on any atom is 0.262 e. The number of methoxy groups -OCH3 is 1. The summed E-state index contributed by atoms with van der Waals surface area (Å²) in [6, 6.07) is 1.12. The van der Waals surface area contributed by atoms with Gasteiger partial charge in [0.15, 0.2) is 0 Å². The van der Waals surface area contributed by atoms with E-state index in [1.54, 1.807) is 7.11 Å². The van der Waals surface area contributed by atoms with Crippen LogP contribution in [0.25, 0.3) is 0 Å². The van der Waals surface area contributed by atoms with Crippen LogP contribution < -0.4 is 21.9 Å². The van der Waals surface area contributed by atoms with Gasteiger partial charge < -0.3 is 26.1 Å². The fourth-order valence-corrected chi connectivity index (χ4v) is 2.33. The van der Waals surface area contributed by atoms with Crippen molar-refractivity contribution in [3.8, 4) is 0 Å². The van der Waals surface area contributed by atoms with E-state index in [1.165, 1.54) is 6.07 Å². The summed E-state index contributed by atoms with van der Waals surface area (Å²) in [5.74, 6) is -0.438. The maximum absolute atomic E-state index is 12.2. The first-order chi connectivity index (χ1) is 9.52. The molecule has 2 heterocycles. The van der Waals surface area contributed by atoms with Crippen LogP contribution in [-0.4, -0.2) is 43.2 Å². The third kappa shape index (κ3) is 3.12. The lowest BCUT2D eigenvalue weighted by molar-refractivity contribution is 0.0476. The summed E-state index contributed by atoms with van der Waals surface area (Å²) in [7, 11) is 1.59. The van der Waals surface area contributed by atoms with Crippen LogP contribution in [0.15, 0.2) is 10.9 Å². The standard InChI is InChI=1S/C12H17ClN4O3/c1-20-9-5-15-3-2-8(9)16-11(18)6-4-7(13)10(14)17-12(6)19/h4,8-9,15H,2-3,5H2,1H3,(H,16,18)(H3,14,17,19)/t8-,9+/m0/s1. The zero-order valence-corrected chi connectivity index (χ0v) is 11.8. The van der Waals surface area contributed by atoms with Crippen LogP contribution in [0.4, 0.5) is 5.82 Å². The van der Waals surface area contributed by atoms with Gasteiger partial charge in [-0.05, 0) is 19.0 Å². The number of piperidine rings is 1. The molecule has 1 fully saturated rings. The van der Waals surface area contributed by atoms with E-state index >= 15 is 0 Å². The summed E-state index contributed by atoms with van der Waals surface area (Å²) >= 11 is 5.82. The number of amides is 1. The van der Waals surface area contributed by atoms with Crippen molar-refractivity contribution in [2.75, 3.05) is 25.9 Å². The SMILES string of the molecule is CO[C@@H]1CNCC[C@@H]1NC(=O)c1cc(Cl)c(N)[nH]c1=O. The van der Waals surface area contributed by atoms with Crippen LogP contribution in [0.1, 0.15) is 16.8 Å². The first-order valence-electron chi connectivity index (χ1n) is 6.25. The zero-order valence-electron chi connectivity index (χ0n) is 11.0. The summed E-state index contributed by atoms with van der Waals surface area (Å²) in [5.41, 5.74) is 4.85. The Morgan fingerprint density at radius 1 is 1.60 bits per heavy atom. The Morgan fingerprint density at radius 2 is 2.35 bits per heavy atom. The number of anilines is 1. The van der Waals surface area contributed by atoms with E-state index in [1.807, 2.05) is 0 Å². The van der Waals surface area contributed by atoms with Gasteiger partial charge in [0.05, 0.1) is 17.2 Å². The molecule has 8 heteroatoms. The van der Waals surface area contributed by atoms with Gasteiger partial charge in [0.1, 0.15) is 11.4 Å². The smallest absolute Gasteiger partial charge is 0.262 e. The molecule has 0 bridgehead atoms. The molecule has 2 atom stereocenters. The summed E-state index contributed by atoms with van der Waals surface area (Å²) < 4.78 is 5.30. The molecule has 0 saturated carbocycles. The van der Waals surface area contributed by atoms with Crippen molar-refractivity contribution in [2.24, 2.45) is 0 Å². The second-order valence-corrected chi connectivity index (χ2v) is 5.03. The Labute approximate surface area is 120 Å². The van der Waals surface area contributed by atoms with Crippen molar-refractivity contribution in [1.29, 1.82) is 0 Å². The van der Waals surface area contributed by atoms with E-state index in [-0.39, 0.29) is 28.5 Å². The number of nitrogens with one attached hydrogen (secondary N) is 3. The molecule has 0 unspecified atom stereocenters. The monoisotopic (exact) mass is 300 g/mol. The molecule has 1 aromatic heterocycles. The van der Waals surface area contributed by atoms with Gasteiger partial charge in [0.25, 0.3) is 11.5 Å². The van der Waals surface area contributed by atoms with Crippen LogP contribution >= 0.6 is 11.6 Å². The van der Waals surface area contributed by atoms with Crippen molar-refractivity contribution in [3.05, 3.63) is 27.0 Å². The summed E-state index contributed by atoms with van der Waals surface area (Å²) in [5, 5.41) is 6.12. The molecule has 2 rings (SSSR count). The van der Waals surface area contributed by atoms with Crippen molar-refractivity contribution in [1.82, 2.24) is 15.6 Å². The Bertz CT molecular complexity index is 560. The van der Waals surface area contributed by atoms with Gasteiger partial charge in [-0.1, -0.05) is 11.6 Å². The normalized spacial score (nSPS) is 22.5. The van der Waals surface area contributed by atoms with E-state index in [9.17, 15) is 9.59 Å². The number of nitrogen functional groups attached to an aromatic ring is 1. The zero-order chi connectivity index (χ0) is 14.7. The van der Waals surface area contributed by atoms with Crippen LogP contribution in [-0.2, 0) is 4.74 Å². The van der Waals surface area contributed by atoms with Gasteiger partial charge in [-0.25, -0.2) is 0 Å². The van der Waals surface area contributed by atoms with Crippen LogP contribution in [0, 0.1) is 0 Å². The number of H-pyrrole nitrogens is 1. The molecule has 1 aromatic rings. The van der Waals surface area contributed by atoms with E-state index in [2.05, 4.69) is 15.6 Å². The highest BCUT2D eigenvalue weighted by Crippen LogP contribution is 2.15. The number of aromatic nitrogens is 1. The number of hydrogen-bond acceptors (Lipinski definition) is 5. The summed E-state index contributed by atoms with van der Waals surface area (Å²) in [4.78, 5) is 26.2. The molecule has 0 aliphatic carbocycles. The number of aromatic amines is 1. The third-order valence-electron chi connectivity index (χ3n) is 3.31. The van der Waals surface area contributed by atoms with Crippen molar-refractivity contribution in [3.63, 3.8) is 0 Å².